The van der Waals surface area contributed by atoms with Gasteiger partial charge in [-0.15, -0.1) is 0 Å². The summed E-state index contributed by atoms with van der Waals surface area (Å²) in [6.07, 6.45) is 0. The highest BCUT2D eigenvalue weighted by atomic mass is 19.3. The zero-order valence-electron chi connectivity index (χ0n) is 7.71. The minimum atomic E-state index is -3.85. The molecule has 0 aliphatic rings. The maximum Gasteiger partial charge on any atom is 0.379 e. The van der Waals surface area contributed by atoms with Crippen LogP contribution >= 0.6 is 0 Å². The normalized spacial score (nSPS) is 11.4. The van der Waals surface area contributed by atoms with Crippen molar-refractivity contribution in [3.8, 4) is 0 Å². The van der Waals surface area contributed by atoms with Crippen molar-refractivity contribution in [2.75, 3.05) is 0 Å². The van der Waals surface area contributed by atoms with Crippen molar-refractivity contribution in [2.45, 2.75) is 19.8 Å². The van der Waals surface area contributed by atoms with Crippen LogP contribution in [0.15, 0.2) is 12.1 Å². The molecule has 0 saturated heterocycles. The number of carbonyl (C=O) groups is 1. The van der Waals surface area contributed by atoms with Gasteiger partial charge < -0.3 is 5.11 Å². The number of aromatic nitrogens is 1. The SMILES string of the molecule is Cc1cc(C(F)(F)C(=O)O)cc(C)n1. The molecule has 0 fully saturated rings. The summed E-state index contributed by atoms with van der Waals surface area (Å²) in [4.78, 5) is 14.2. The summed E-state index contributed by atoms with van der Waals surface area (Å²) < 4.78 is 26.0. The highest BCUT2D eigenvalue weighted by molar-refractivity contribution is 5.77. The molecule has 0 unspecified atom stereocenters. The molecule has 0 aliphatic carbocycles. The smallest absolute Gasteiger partial charge is 0.379 e. The third-order valence-corrected chi connectivity index (χ3v) is 1.71. The Labute approximate surface area is 79.4 Å². The first-order valence-corrected chi connectivity index (χ1v) is 3.91. The van der Waals surface area contributed by atoms with Crippen LogP contribution in [0.4, 0.5) is 8.78 Å². The summed E-state index contributed by atoms with van der Waals surface area (Å²) in [5, 5.41) is 8.31. The molecule has 0 aliphatic heterocycles. The molecule has 0 radical (unpaired) electrons. The fourth-order valence-corrected chi connectivity index (χ4v) is 1.14. The molecule has 0 aromatic carbocycles. The summed E-state index contributed by atoms with van der Waals surface area (Å²) in [6.45, 7) is 3.07. The molecule has 5 heteroatoms. The van der Waals surface area contributed by atoms with Gasteiger partial charge in [-0.05, 0) is 26.0 Å². The number of aliphatic carboxylic acids is 1. The number of rotatable bonds is 2. The van der Waals surface area contributed by atoms with Crippen LogP contribution in [0, 0.1) is 13.8 Å². The maximum atomic E-state index is 13.0. The molecule has 0 saturated carbocycles. The van der Waals surface area contributed by atoms with Crippen molar-refractivity contribution < 1.29 is 18.7 Å². The second-order valence-electron chi connectivity index (χ2n) is 3.02. The first-order valence-electron chi connectivity index (χ1n) is 3.91. The number of aryl methyl sites for hydroxylation is 2. The number of halogens is 2. The standard InChI is InChI=1S/C9H9F2NO2/c1-5-3-7(4-6(2)12-5)9(10,11)8(13)14/h3-4H,1-2H3,(H,13,14). The molecule has 0 spiro atoms. The van der Waals surface area contributed by atoms with Gasteiger partial charge in [0.25, 0.3) is 0 Å². The van der Waals surface area contributed by atoms with E-state index in [1.807, 2.05) is 0 Å². The Morgan fingerprint density at radius 1 is 1.36 bits per heavy atom. The zero-order valence-corrected chi connectivity index (χ0v) is 7.71. The third-order valence-electron chi connectivity index (χ3n) is 1.71. The summed E-state index contributed by atoms with van der Waals surface area (Å²) in [7, 11) is 0. The Morgan fingerprint density at radius 2 is 1.79 bits per heavy atom. The van der Waals surface area contributed by atoms with Gasteiger partial charge in [0.2, 0.25) is 0 Å². The minimum Gasteiger partial charge on any atom is -0.477 e. The van der Waals surface area contributed by atoms with Crippen LogP contribution in [0.25, 0.3) is 0 Å². The molecule has 0 atom stereocenters. The van der Waals surface area contributed by atoms with Gasteiger partial charge in [0.05, 0.1) is 0 Å². The quantitative estimate of drug-likeness (QED) is 0.794. The van der Waals surface area contributed by atoms with Gasteiger partial charge >= 0.3 is 11.9 Å². The summed E-state index contributed by atoms with van der Waals surface area (Å²) >= 11 is 0. The highest BCUT2D eigenvalue weighted by Crippen LogP contribution is 2.28. The first-order chi connectivity index (χ1) is 6.34. The summed E-state index contributed by atoms with van der Waals surface area (Å²) in [5.41, 5.74) is 0.219. The predicted molar refractivity (Wildman–Crippen MR) is 45.2 cm³/mol. The number of hydrogen-bond donors (Lipinski definition) is 1. The molecular weight excluding hydrogens is 192 g/mol. The van der Waals surface area contributed by atoms with Crippen molar-refractivity contribution in [3.05, 3.63) is 29.1 Å². The monoisotopic (exact) mass is 201 g/mol. The lowest BCUT2D eigenvalue weighted by Crippen LogP contribution is -2.25. The van der Waals surface area contributed by atoms with Gasteiger partial charge in [0, 0.05) is 17.0 Å². The molecule has 0 amide bonds. The average Bonchev–Trinajstić information content (AvgIpc) is 2.01. The van der Waals surface area contributed by atoms with E-state index in [1.54, 1.807) is 0 Å². The molecule has 0 bridgehead atoms. The number of nitrogens with zero attached hydrogens (tertiary/aromatic N) is 1. The summed E-state index contributed by atoms with van der Waals surface area (Å²) in [5.74, 6) is -6.00. The van der Waals surface area contributed by atoms with E-state index in [9.17, 15) is 13.6 Å². The number of carboxylic acid groups (broad SMARTS) is 1. The Hall–Kier alpha value is -1.52. The summed E-state index contributed by atoms with van der Waals surface area (Å²) in [6, 6.07) is 2.14. The van der Waals surface area contributed by atoms with E-state index in [1.165, 1.54) is 13.8 Å². The molecule has 1 aromatic heterocycles. The van der Waals surface area contributed by atoms with E-state index in [0.29, 0.717) is 11.4 Å². The fraction of sp³-hybridized carbons (Fsp3) is 0.333. The molecule has 3 nitrogen and oxygen atoms in total. The van der Waals surface area contributed by atoms with Gasteiger partial charge in [-0.2, -0.15) is 8.78 Å². The third kappa shape index (κ3) is 1.86. The lowest BCUT2D eigenvalue weighted by atomic mass is 10.1. The molecule has 14 heavy (non-hydrogen) atoms. The molecular formula is C9H9F2NO2. The fourth-order valence-electron chi connectivity index (χ4n) is 1.14. The lowest BCUT2D eigenvalue weighted by molar-refractivity contribution is -0.166. The second-order valence-corrected chi connectivity index (χ2v) is 3.02. The Kier molecular flexibility index (Phi) is 2.51. The predicted octanol–water partition coefficient (Wildman–Crippen LogP) is 1.87. The van der Waals surface area contributed by atoms with Gasteiger partial charge in [-0.3, -0.25) is 4.98 Å². The van der Waals surface area contributed by atoms with Crippen molar-refractivity contribution >= 4 is 5.97 Å². The number of hydrogen-bond acceptors (Lipinski definition) is 2. The van der Waals surface area contributed by atoms with E-state index in [-0.39, 0.29) is 0 Å². The Bertz CT molecular complexity index is 357. The Balaban J connectivity index is 3.25. The molecule has 1 aromatic rings. The van der Waals surface area contributed by atoms with Gasteiger partial charge in [0.15, 0.2) is 0 Å². The van der Waals surface area contributed by atoms with E-state index in [4.69, 9.17) is 5.11 Å². The number of pyridine rings is 1. The van der Waals surface area contributed by atoms with Crippen LogP contribution in [0.3, 0.4) is 0 Å². The van der Waals surface area contributed by atoms with Crippen LogP contribution in [-0.4, -0.2) is 16.1 Å². The van der Waals surface area contributed by atoms with Crippen molar-refractivity contribution in [1.82, 2.24) is 4.98 Å². The number of carboxylic acids is 1. The van der Waals surface area contributed by atoms with Gasteiger partial charge in [-0.1, -0.05) is 0 Å². The van der Waals surface area contributed by atoms with E-state index < -0.39 is 17.5 Å². The molecule has 76 valence electrons. The van der Waals surface area contributed by atoms with Crippen molar-refractivity contribution in [3.63, 3.8) is 0 Å². The average molecular weight is 201 g/mol. The van der Waals surface area contributed by atoms with Crippen LogP contribution in [0.2, 0.25) is 0 Å². The second kappa shape index (κ2) is 3.32. The van der Waals surface area contributed by atoms with Crippen LogP contribution in [0.5, 0.6) is 0 Å². The molecule has 1 heterocycles. The number of alkyl halides is 2. The van der Waals surface area contributed by atoms with Crippen LogP contribution in [0.1, 0.15) is 17.0 Å². The molecule has 1 N–H and O–H groups in total. The van der Waals surface area contributed by atoms with E-state index >= 15 is 0 Å². The zero-order chi connectivity index (χ0) is 10.9. The maximum absolute atomic E-state index is 13.0. The minimum absolute atomic E-state index is 0.376. The molecule has 1 rings (SSSR count). The van der Waals surface area contributed by atoms with Crippen LogP contribution < -0.4 is 0 Å². The lowest BCUT2D eigenvalue weighted by Gasteiger charge is -2.12. The van der Waals surface area contributed by atoms with Crippen LogP contribution in [-0.2, 0) is 10.7 Å². The van der Waals surface area contributed by atoms with E-state index in [0.717, 1.165) is 12.1 Å². The first kappa shape index (κ1) is 10.6. The van der Waals surface area contributed by atoms with Crippen molar-refractivity contribution in [2.24, 2.45) is 0 Å². The van der Waals surface area contributed by atoms with Crippen molar-refractivity contribution in [1.29, 1.82) is 0 Å². The topological polar surface area (TPSA) is 50.2 Å². The van der Waals surface area contributed by atoms with Gasteiger partial charge in [-0.25, -0.2) is 4.79 Å². The Morgan fingerprint density at radius 3 is 2.14 bits per heavy atom. The largest absolute Gasteiger partial charge is 0.477 e. The van der Waals surface area contributed by atoms with Gasteiger partial charge in [0.1, 0.15) is 0 Å². The van der Waals surface area contributed by atoms with E-state index in [2.05, 4.69) is 4.98 Å². The highest BCUT2D eigenvalue weighted by Gasteiger charge is 2.41.